The highest BCUT2D eigenvalue weighted by molar-refractivity contribution is 5.68. The Morgan fingerprint density at radius 1 is 1.40 bits per heavy atom. The smallest absolute Gasteiger partial charge is 0.309 e. The van der Waals surface area contributed by atoms with Crippen LogP contribution in [0.15, 0.2) is 24.3 Å². The topological polar surface area (TPSA) is 23.9 Å². The summed E-state index contributed by atoms with van der Waals surface area (Å²) in [6, 6.07) is 0. The first-order valence-corrected chi connectivity index (χ1v) is 2.41. The van der Waals surface area contributed by atoms with Gasteiger partial charge in [0.15, 0.2) is 0 Å². The van der Waals surface area contributed by atoms with Crippen molar-refractivity contribution in [3.8, 4) is 0 Å². The van der Waals surface area contributed by atoms with E-state index in [4.69, 9.17) is 5.41 Å². The van der Waals surface area contributed by atoms with Gasteiger partial charge >= 0.3 is 6.18 Å². The summed E-state index contributed by atoms with van der Waals surface area (Å²) < 4.78 is 34.6. The molecule has 56 valence electrons. The van der Waals surface area contributed by atoms with Crippen LogP contribution in [0.3, 0.4) is 0 Å². The van der Waals surface area contributed by atoms with Gasteiger partial charge in [-0.05, 0) is 12.2 Å². The molecule has 0 saturated carbocycles. The quantitative estimate of drug-likeness (QED) is 0.460. The number of alkyl halides is 3. The maximum atomic E-state index is 11.5. The Balaban J connectivity index is 4.11. The van der Waals surface area contributed by atoms with E-state index in [1.165, 1.54) is 0 Å². The minimum absolute atomic E-state index is 0.743. The number of allylic oxidation sites excluding steroid dienone is 3. The van der Waals surface area contributed by atoms with Crippen LogP contribution < -0.4 is 0 Å². The lowest BCUT2D eigenvalue weighted by atomic mass is 10.3. The summed E-state index contributed by atoms with van der Waals surface area (Å²) >= 11 is 0. The van der Waals surface area contributed by atoms with Gasteiger partial charge < -0.3 is 5.41 Å². The Bertz CT molecular complexity index is 166. The van der Waals surface area contributed by atoms with E-state index in [0.29, 0.717) is 0 Å². The van der Waals surface area contributed by atoms with Gasteiger partial charge in [-0.15, -0.1) is 0 Å². The van der Waals surface area contributed by atoms with Crippen molar-refractivity contribution in [2.24, 2.45) is 0 Å². The minimum Gasteiger partial charge on any atom is -0.309 e. The Morgan fingerprint density at radius 3 is 2.20 bits per heavy atom. The van der Waals surface area contributed by atoms with Crippen molar-refractivity contribution < 1.29 is 13.2 Å². The van der Waals surface area contributed by atoms with Crippen LogP contribution in [0.2, 0.25) is 0 Å². The fraction of sp³-hybridized carbons (Fsp3) is 0.167. The summed E-state index contributed by atoms with van der Waals surface area (Å²) in [6.07, 6.45) is -1.90. The van der Waals surface area contributed by atoms with E-state index >= 15 is 0 Å². The first-order chi connectivity index (χ1) is 4.48. The van der Waals surface area contributed by atoms with Gasteiger partial charge in [-0.3, -0.25) is 0 Å². The van der Waals surface area contributed by atoms with Crippen molar-refractivity contribution >= 4 is 6.21 Å². The summed E-state index contributed by atoms with van der Waals surface area (Å²) in [6.45, 7) is 2.75. The van der Waals surface area contributed by atoms with Crippen LogP contribution in [0.1, 0.15) is 0 Å². The van der Waals surface area contributed by atoms with Gasteiger partial charge in [0.05, 0.1) is 0 Å². The number of halogens is 3. The lowest BCUT2D eigenvalue weighted by Crippen LogP contribution is -2.08. The van der Waals surface area contributed by atoms with Gasteiger partial charge in [0.25, 0.3) is 0 Å². The summed E-state index contributed by atoms with van der Waals surface area (Å²) in [4.78, 5) is 0. The zero-order chi connectivity index (χ0) is 8.20. The van der Waals surface area contributed by atoms with Crippen molar-refractivity contribution in [3.63, 3.8) is 0 Å². The maximum absolute atomic E-state index is 11.5. The van der Waals surface area contributed by atoms with Gasteiger partial charge in [-0.2, -0.15) is 13.2 Å². The van der Waals surface area contributed by atoms with E-state index in [9.17, 15) is 13.2 Å². The molecule has 0 aromatic heterocycles. The third-order valence-corrected chi connectivity index (χ3v) is 0.758. The predicted molar refractivity (Wildman–Crippen MR) is 33.1 cm³/mol. The molecule has 0 unspecified atom stereocenters. The molecule has 0 bridgehead atoms. The molecule has 4 heteroatoms. The van der Waals surface area contributed by atoms with E-state index in [-0.39, 0.29) is 0 Å². The molecule has 0 radical (unpaired) electrons. The Hall–Kier alpha value is -1.06. The van der Waals surface area contributed by atoms with E-state index in [1.54, 1.807) is 0 Å². The minimum atomic E-state index is -4.38. The van der Waals surface area contributed by atoms with Crippen LogP contribution in [0.4, 0.5) is 13.2 Å². The summed E-state index contributed by atoms with van der Waals surface area (Å²) in [5, 5.41) is 6.38. The number of rotatable bonds is 2. The molecule has 1 nitrogen and oxygen atoms in total. The van der Waals surface area contributed by atoms with Gasteiger partial charge in [0.1, 0.15) is 0 Å². The van der Waals surface area contributed by atoms with Crippen LogP contribution in [-0.4, -0.2) is 12.4 Å². The molecule has 0 aliphatic rings. The van der Waals surface area contributed by atoms with Crippen LogP contribution in [0.25, 0.3) is 0 Å². The molecule has 0 aliphatic heterocycles. The monoisotopic (exact) mass is 149 g/mol. The third-order valence-electron chi connectivity index (χ3n) is 0.758. The molecule has 0 rings (SSSR count). The average molecular weight is 149 g/mol. The first-order valence-electron chi connectivity index (χ1n) is 2.41. The summed E-state index contributed by atoms with van der Waals surface area (Å²) in [5.41, 5.74) is -0.948. The van der Waals surface area contributed by atoms with Crippen molar-refractivity contribution in [2.45, 2.75) is 6.18 Å². The maximum Gasteiger partial charge on any atom is 0.415 e. The fourth-order valence-corrected chi connectivity index (χ4v) is 0.259. The summed E-state index contributed by atoms with van der Waals surface area (Å²) in [5.74, 6) is 0. The Labute approximate surface area is 56.4 Å². The SMILES string of the molecule is C=C(/C=C\C=N)C(F)(F)F. The van der Waals surface area contributed by atoms with Crippen LogP contribution >= 0.6 is 0 Å². The molecule has 0 aromatic rings. The highest BCUT2D eigenvalue weighted by Gasteiger charge is 2.29. The van der Waals surface area contributed by atoms with Gasteiger partial charge in [-0.1, -0.05) is 6.58 Å². The fourth-order valence-electron chi connectivity index (χ4n) is 0.259. The molecule has 0 fully saturated rings. The standard InChI is InChI=1S/C6H6F3N/c1-5(3-2-4-10)6(7,8)9/h2-4,10H,1H2/b3-2-,10-4?. The molecule has 0 spiro atoms. The molecule has 0 saturated heterocycles. The predicted octanol–water partition coefficient (Wildman–Crippen LogP) is 2.31. The normalized spacial score (nSPS) is 11.9. The number of hydrogen-bond donors (Lipinski definition) is 1. The molecule has 0 heterocycles. The molecular formula is C6H6F3N. The van der Waals surface area contributed by atoms with Crippen molar-refractivity contribution in [1.82, 2.24) is 0 Å². The zero-order valence-electron chi connectivity index (χ0n) is 5.07. The molecule has 10 heavy (non-hydrogen) atoms. The molecule has 0 atom stereocenters. The Kier molecular flexibility index (Phi) is 2.86. The third kappa shape index (κ3) is 3.06. The lowest BCUT2D eigenvalue weighted by Gasteiger charge is -2.03. The summed E-state index contributed by atoms with van der Waals surface area (Å²) in [7, 11) is 0. The second kappa shape index (κ2) is 3.20. The molecule has 1 N–H and O–H groups in total. The van der Waals surface area contributed by atoms with Crippen molar-refractivity contribution in [3.05, 3.63) is 24.3 Å². The van der Waals surface area contributed by atoms with E-state index in [1.807, 2.05) is 0 Å². The highest BCUT2D eigenvalue weighted by Crippen LogP contribution is 2.24. The average Bonchev–Trinajstić information content (AvgIpc) is 1.80. The molecule has 0 amide bonds. The van der Waals surface area contributed by atoms with Crippen molar-refractivity contribution in [1.29, 1.82) is 5.41 Å². The lowest BCUT2D eigenvalue weighted by molar-refractivity contribution is -0.0877. The molecule has 0 aliphatic carbocycles. The van der Waals surface area contributed by atoms with E-state index < -0.39 is 11.7 Å². The van der Waals surface area contributed by atoms with Gasteiger partial charge in [0, 0.05) is 11.8 Å². The van der Waals surface area contributed by atoms with Gasteiger partial charge in [0.2, 0.25) is 0 Å². The van der Waals surface area contributed by atoms with Crippen molar-refractivity contribution in [2.75, 3.05) is 0 Å². The number of hydrogen-bond acceptors (Lipinski definition) is 1. The van der Waals surface area contributed by atoms with Crippen LogP contribution in [0, 0.1) is 5.41 Å². The van der Waals surface area contributed by atoms with Gasteiger partial charge in [-0.25, -0.2) is 0 Å². The van der Waals surface area contributed by atoms with E-state index in [0.717, 1.165) is 18.4 Å². The number of nitrogens with one attached hydrogen (secondary N) is 1. The van der Waals surface area contributed by atoms with Crippen LogP contribution in [-0.2, 0) is 0 Å². The largest absolute Gasteiger partial charge is 0.415 e. The molecular weight excluding hydrogens is 143 g/mol. The van der Waals surface area contributed by atoms with E-state index in [2.05, 4.69) is 6.58 Å². The molecule has 0 aromatic carbocycles. The van der Waals surface area contributed by atoms with Crippen LogP contribution in [0.5, 0.6) is 0 Å². The zero-order valence-corrected chi connectivity index (χ0v) is 5.07. The second-order valence-corrected chi connectivity index (χ2v) is 1.55. The Morgan fingerprint density at radius 2 is 1.90 bits per heavy atom. The second-order valence-electron chi connectivity index (χ2n) is 1.55. The highest BCUT2D eigenvalue weighted by atomic mass is 19.4. The first kappa shape index (κ1) is 8.94.